The second kappa shape index (κ2) is 7.28. The van der Waals surface area contributed by atoms with Crippen molar-refractivity contribution in [1.82, 2.24) is 4.90 Å². The number of halogens is 3. The van der Waals surface area contributed by atoms with E-state index >= 15 is 0 Å². The molecule has 3 N–H and O–H groups in total. The zero-order valence-corrected chi connectivity index (χ0v) is 10.3. The molecule has 4 nitrogen and oxygen atoms in total. The summed E-state index contributed by atoms with van der Waals surface area (Å²) in [7, 11) is 0. The second-order valence-electron chi connectivity index (χ2n) is 4.57. The van der Waals surface area contributed by atoms with E-state index in [1.165, 1.54) is 0 Å². The lowest BCUT2D eigenvalue weighted by Crippen LogP contribution is -2.45. The Morgan fingerprint density at radius 3 is 2.44 bits per heavy atom. The topological polar surface area (TPSA) is 58.7 Å². The number of alkyl halides is 3. The number of aliphatic hydroxyl groups excluding tert-OH is 1. The summed E-state index contributed by atoms with van der Waals surface area (Å²) in [5.74, 6) is 0. The first-order valence-electron chi connectivity index (χ1n) is 6.22. The Bertz CT molecular complexity index is 231. The molecular weight excluding hydrogens is 249 g/mol. The van der Waals surface area contributed by atoms with Gasteiger partial charge in [-0.3, -0.25) is 0 Å². The number of hydrogen-bond acceptors (Lipinski definition) is 4. The van der Waals surface area contributed by atoms with Gasteiger partial charge in [0, 0.05) is 26.2 Å². The van der Waals surface area contributed by atoms with Gasteiger partial charge in [0.15, 0.2) is 6.10 Å². The molecule has 0 aromatic heterocycles. The first-order chi connectivity index (χ1) is 8.43. The summed E-state index contributed by atoms with van der Waals surface area (Å²) in [4.78, 5) is 1.63. The Hall–Kier alpha value is -0.370. The maximum atomic E-state index is 12.2. The highest BCUT2D eigenvalue weighted by Crippen LogP contribution is 2.22. The lowest BCUT2D eigenvalue weighted by molar-refractivity contribution is -0.209. The third-order valence-corrected chi connectivity index (χ3v) is 3.05. The normalized spacial score (nSPS) is 21.2. The van der Waals surface area contributed by atoms with Gasteiger partial charge in [-0.1, -0.05) is 0 Å². The van der Waals surface area contributed by atoms with Gasteiger partial charge in [0.05, 0.1) is 6.10 Å². The van der Waals surface area contributed by atoms with Gasteiger partial charge >= 0.3 is 6.18 Å². The minimum Gasteiger partial charge on any atom is -0.382 e. The van der Waals surface area contributed by atoms with Crippen molar-refractivity contribution in [2.24, 2.45) is 5.73 Å². The lowest BCUT2D eigenvalue weighted by atomic mass is 10.1. The maximum Gasteiger partial charge on any atom is 0.415 e. The Kier molecular flexibility index (Phi) is 6.34. The Labute approximate surface area is 105 Å². The van der Waals surface area contributed by atoms with Crippen LogP contribution in [0.2, 0.25) is 0 Å². The van der Waals surface area contributed by atoms with E-state index in [9.17, 15) is 13.2 Å². The monoisotopic (exact) mass is 270 g/mol. The van der Waals surface area contributed by atoms with Crippen LogP contribution < -0.4 is 5.73 Å². The largest absolute Gasteiger partial charge is 0.415 e. The number of aliphatic hydroxyl groups is 1. The van der Waals surface area contributed by atoms with Crippen LogP contribution in [0, 0.1) is 0 Å². The summed E-state index contributed by atoms with van der Waals surface area (Å²) in [5.41, 5.74) is 5.34. The van der Waals surface area contributed by atoms with E-state index in [4.69, 9.17) is 15.6 Å². The van der Waals surface area contributed by atoms with Gasteiger partial charge in [-0.2, -0.15) is 13.2 Å². The van der Waals surface area contributed by atoms with Crippen LogP contribution in [0.5, 0.6) is 0 Å². The maximum absolute atomic E-state index is 12.2. The van der Waals surface area contributed by atoms with E-state index in [-0.39, 0.29) is 12.6 Å². The predicted octanol–water partition coefficient (Wildman–Crippen LogP) is 0.739. The Morgan fingerprint density at radius 2 is 1.94 bits per heavy atom. The standard InChI is InChI=1S/C11H21F3N2O2/c12-11(13,14)10(17)8-16-5-2-9(3-6-16)18-7-1-4-15/h9-10,17H,1-8,15H2. The highest BCUT2D eigenvalue weighted by atomic mass is 19.4. The van der Waals surface area contributed by atoms with Crippen LogP contribution in [0.15, 0.2) is 0 Å². The fourth-order valence-corrected chi connectivity index (χ4v) is 1.94. The zero-order valence-electron chi connectivity index (χ0n) is 10.3. The van der Waals surface area contributed by atoms with Gasteiger partial charge < -0.3 is 20.5 Å². The van der Waals surface area contributed by atoms with Crippen LogP contribution in [-0.4, -0.2) is 61.2 Å². The SMILES string of the molecule is NCCCOC1CCN(CC(O)C(F)(F)F)CC1. The van der Waals surface area contributed by atoms with Crippen LogP contribution in [-0.2, 0) is 4.74 Å². The molecule has 1 atom stereocenters. The molecule has 108 valence electrons. The van der Waals surface area contributed by atoms with Crippen molar-refractivity contribution >= 4 is 0 Å². The summed E-state index contributed by atoms with van der Waals surface area (Å²) < 4.78 is 42.1. The number of rotatable bonds is 6. The summed E-state index contributed by atoms with van der Waals surface area (Å²) >= 11 is 0. The molecule has 0 amide bonds. The Balaban J connectivity index is 2.19. The molecular formula is C11H21F3N2O2. The minimum absolute atomic E-state index is 0.107. The van der Waals surface area contributed by atoms with Crippen LogP contribution >= 0.6 is 0 Å². The smallest absolute Gasteiger partial charge is 0.382 e. The first kappa shape index (κ1) is 15.7. The minimum atomic E-state index is -4.53. The predicted molar refractivity (Wildman–Crippen MR) is 61.1 cm³/mol. The van der Waals surface area contributed by atoms with Gasteiger partial charge in [0.1, 0.15) is 0 Å². The molecule has 1 unspecified atom stereocenters. The number of nitrogens with two attached hydrogens (primary N) is 1. The summed E-state index contributed by atoms with van der Waals surface area (Å²) in [6, 6.07) is 0. The number of hydrogen-bond donors (Lipinski definition) is 2. The fraction of sp³-hybridized carbons (Fsp3) is 1.00. The van der Waals surface area contributed by atoms with Crippen LogP contribution in [0.4, 0.5) is 13.2 Å². The zero-order chi connectivity index (χ0) is 13.6. The van der Waals surface area contributed by atoms with E-state index in [0.717, 1.165) is 6.42 Å². The molecule has 0 spiro atoms. The van der Waals surface area contributed by atoms with Crippen molar-refractivity contribution in [3.8, 4) is 0 Å². The summed E-state index contributed by atoms with van der Waals surface area (Å²) in [6.07, 6.45) is -4.48. The molecule has 0 radical (unpaired) electrons. The average Bonchev–Trinajstić information content (AvgIpc) is 2.30. The molecule has 1 heterocycles. The van der Waals surface area contributed by atoms with Gasteiger partial charge in [0.2, 0.25) is 0 Å². The number of likely N-dealkylation sites (tertiary alicyclic amines) is 1. The van der Waals surface area contributed by atoms with Gasteiger partial charge in [-0.25, -0.2) is 0 Å². The van der Waals surface area contributed by atoms with E-state index in [0.29, 0.717) is 39.1 Å². The molecule has 0 aliphatic carbocycles. The van der Waals surface area contributed by atoms with E-state index in [1.807, 2.05) is 0 Å². The van der Waals surface area contributed by atoms with E-state index < -0.39 is 12.3 Å². The van der Waals surface area contributed by atoms with Gasteiger partial charge in [0.25, 0.3) is 0 Å². The quantitative estimate of drug-likeness (QED) is 0.699. The number of β-amino-alcohol motifs (C(OH)–C–C–N with tert-alkyl or cyclic N) is 1. The van der Waals surface area contributed by atoms with Gasteiger partial charge in [-0.15, -0.1) is 0 Å². The van der Waals surface area contributed by atoms with Crippen molar-refractivity contribution in [3.63, 3.8) is 0 Å². The molecule has 1 rings (SSSR count). The van der Waals surface area contributed by atoms with Crippen LogP contribution in [0.1, 0.15) is 19.3 Å². The van der Waals surface area contributed by atoms with Crippen molar-refractivity contribution in [2.45, 2.75) is 37.6 Å². The molecule has 7 heteroatoms. The second-order valence-corrected chi connectivity index (χ2v) is 4.57. The molecule has 0 bridgehead atoms. The molecule has 1 saturated heterocycles. The highest BCUT2D eigenvalue weighted by Gasteiger charge is 2.39. The van der Waals surface area contributed by atoms with Crippen molar-refractivity contribution in [2.75, 3.05) is 32.8 Å². The summed E-state index contributed by atoms with van der Waals surface area (Å²) in [5, 5.41) is 8.97. The molecule has 1 aliphatic rings. The molecule has 1 aliphatic heterocycles. The molecule has 0 aromatic rings. The number of ether oxygens (including phenoxy) is 1. The third kappa shape index (κ3) is 5.51. The van der Waals surface area contributed by atoms with Crippen LogP contribution in [0.25, 0.3) is 0 Å². The van der Waals surface area contributed by atoms with Gasteiger partial charge in [-0.05, 0) is 25.8 Å². The fourth-order valence-electron chi connectivity index (χ4n) is 1.94. The lowest BCUT2D eigenvalue weighted by Gasteiger charge is -2.33. The Morgan fingerprint density at radius 1 is 1.33 bits per heavy atom. The molecule has 1 fully saturated rings. The average molecular weight is 270 g/mol. The van der Waals surface area contributed by atoms with Crippen molar-refractivity contribution in [1.29, 1.82) is 0 Å². The highest BCUT2D eigenvalue weighted by molar-refractivity contribution is 4.77. The number of nitrogens with zero attached hydrogens (tertiary/aromatic N) is 1. The third-order valence-electron chi connectivity index (χ3n) is 3.05. The first-order valence-corrected chi connectivity index (χ1v) is 6.22. The van der Waals surface area contributed by atoms with E-state index in [2.05, 4.69) is 0 Å². The number of piperidine rings is 1. The molecule has 18 heavy (non-hydrogen) atoms. The summed E-state index contributed by atoms with van der Waals surface area (Å²) in [6.45, 7) is 1.89. The van der Waals surface area contributed by atoms with E-state index in [1.54, 1.807) is 4.90 Å². The van der Waals surface area contributed by atoms with Crippen LogP contribution in [0.3, 0.4) is 0 Å². The van der Waals surface area contributed by atoms with Crippen molar-refractivity contribution < 1.29 is 23.0 Å². The molecule has 0 saturated carbocycles. The van der Waals surface area contributed by atoms with Crippen molar-refractivity contribution in [3.05, 3.63) is 0 Å². The molecule has 0 aromatic carbocycles.